The van der Waals surface area contributed by atoms with Gasteiger partial charge >= 0.3 is 0 Å². The predicted molar refractivity (Wildman–Crippen MR) is 132 cm³/mol. The average molecular weight is 516 g/mol. The number of fused-ring (bicyclic) bond motifs is 1. The Labute approximate surface area is 206 Å². The van der Waals surface area contributed by atoms with E-state index in [1.807, 2.05) is 26.0 Å². The largest absolute Gasteiger partial charge is 0.504 e. The summed E-state index contributed by atoms with van der Waals surface area (Å²) in [6, 6.07) is 8.16. The highest BCUT2D eigenvalue weighted by Crippen LogP contribution is 2.37. The van der Waals surface area contributed by atoms with E-state index < -0.39 is 10.0 Å². The third-order valence-electron chi connectivity index (χ3n) is 5.87. The molecule has 0 saturated carbocycles. The maximum Gasteiger partial charge on any atom is 0.246 e. The minimum Gasteiger partial charge on any atom is -0.504 e. The second-order valence-electron chi connectivity index (χ2n) is 8.27. The van der Waals surface area contributed by atoms with Crippen molar-refractivity contribution in [1.82, 2.24) is 23.0 Å². The molecule has 0 spiro atoms. The Morgan fingerprint density at radius 2 is 1.83 bits per heavy atom. The van der Waals surface area contributed by atoms with Crippen molar-refractivity contribution in [2.24, 2.45) is 0 Å². The Morgan fingerprint density at radius 1 is 1.11 bits per heavy atom. The summed E-state index contributed by atoms with van der Waals surface area (Å²) >= 11 is 0.991. The molecule has 3 aromatic heterocycles. The number of phenols is 1. The fourth-order valence-corrected chi connectivity index (χ4v) is 6.09. The number of nitrogens with one attached hydrogen (secondary N) is 2. The summed E-state index contributed by atoms with van der Waals surface area (Å²) in [4.78, 5) is 8.94. The lowest BCUT2D eigenvalue weighted by Gasteiger charge is -2.20. The molecule has 0 radical (unpaired) electrons. The molecule has 0 unspecified atom stereocenters. The number of nitrogens with zero attached hydrogens (tertiary/aromatic N) is 5. The van der Waals surface area contributed by atoms with E-state index in [2.05, 4.69) is 29.3 Å². The first kappa shape index (κ1) is 23.5. The SMILES string of the molecule is CC[C@@H](Nc1nc2nsnc2nc1Nc1cccc(S(=O)(=O)N2CCCC2)c1O)c1ccc(C)o1. The van der Waals surface area contributed by atoms with E-state index in [0.29, 0.717) is 36.6 Å². The number of furan rings is 1. The zero-order chi connectivity index (χ0) is 24.6. The van der Waals surface area contributed by atoms with Crippen LogP contribution in [0.15, 0.2) is 39.6 Å². The van der Waals surface area contributed by atoms with Crippen LogP contribution in [-0.4, -0.2) is 49.6 Å². The van der Waals surface area contributed by atoms with Crippen molar-refractivity contribution >= 4 is 50.4 Å². The highest BCUT2D eigenvalue weighted by Gasteiger charge is 2.30. The molecule has 0 amide bonds. The molecule has 1 atom stereocenters. The fraction of sp³-hybridized carbons (Fsp3) is 0.364. The lowest BCUT2D eigenvalue weighted by molar-refractivity contribution is 0.445. The molecule has 0 bridgehead atoms. The maximum absolute atomic E-state index is 13.1. The van der Waals surface area contributed by atoms with E-state index in [4.69, 9.17) is 4.42 Å². The third-order valence-corrected chi connectivity index (χ3v) is 8.31. The van der Waals surface area contributed by atoms with E-state index in [1.165, 1.54) is 10.4 Å². The summed E-state index contributed by atoms with van der Waals surface area (Å²) < 4.78 is 41.7. The quantitative estimate of drug-likeness (QED) is 0.292. The second-order valence-corrected chi connectivity index (χ2v) is 10.7. The van der Waals surface area contributed by atoms with Gasteiger partial charge in [0.25, 0.3) is 0 Å². The van der Waals surface area contributed by atoms with Crippen molar-refractivity contribution in [3.8, 4) is 5.75 Å². The van der Waals surface area contributed by atoms with Crippen molar-refractivity contribution in [3.63, 3.8) is 0 Å². The Kier molecular flexibility index (Phi) is 6.30. The van der Waals surface area contributed by atoms with Crippen LogP contribution in [0.3, 0.4) is 0 Å². The number of aryl methyl sites for hydroxylation is 1. The summed E-state index contributed by atoms with van der Waals surface area (Å²) in [5.41, 5.74) is 0.903. The number of phenolic OH excluding ortho intramolecular Hbond substituents is 1. The molecule has 13 heteroatoms. The van der Waals surface area contributed by atoms with Gasteiger partial charge in [0.2, 0.25) is 21.3 Å². The van der Waals surface area contributed by atoms with E-state index in [0.717, 1.165) is 36.1 Å². The number of rotatable bonds is 8. The molecular formula is C22H25N7O4S2. The summed E-state index contributed by atoms with van der Waals surface area (Å²) in [7, 11) is -3.82. The van der Waals surface area contributed by atoms with Crippen LogP contribution in [0.1, 0.15) is 43.7 Å². The summed E-state index contributed by atoms with van der Waals surface area (Å²) in [6.07, 6.45) is 2.31. The van der Waals surface area contributed by atoms with Gasteiger partial charge in [-0.05, 0) is 50.5 Å². The standard InChI is InChI=1S/C22H25N7O4S2/c1-3-14(16-10-9-13(2)33-16)23-19-20(26-22-21(25-19)27-34-28-22)24-15-7-6-8-17(18(15)30)35(31,32)29-11-4-5-12-29/h6-10,14,30H,3-5,11-12H2,1-2H3,(H,23,25,27)(H,24,26,28)/t14-/m1/s1. The van der Waals surface area contributed by atoms with Gasteiger partial charge in [-0.1, -0.05) is 13.0 Å². The van der Waals surface area contributed by atoms with Crippen molar-refractivity contribution in [1.29, 1.82) is 0 Å². The zero-order valence-electron chi connectivity index (χ0n) is 19.2. The van der Waals surface area contributed by atoms with Gasteiger partial charge < -0.3 is 20.2 Å². The van der Waals surface area contributed by atoms with Gasteiger partial charge in [-0.3, -0.25) is 0 Å². The first-order chi connectivity index (χ1) is 16.9. The molecule has 35 heavy (non-hydrogen) atoms. The van der Waals surface area contributed by atoms with Crippen LogP contribution in [0.4, 0.5) is 17.3 Å². The van der Waals surface area contributed by atoms with Crippen LogP contribution in [-0.2, 0) is 10.0 Å². The second kappa shape index (κ2) is 9.40. The molecule has 4 heterocycles. The molecule has 0 aliphatic carbocycles. The van der Waals surface area contributed by atoms with E-state index in [1.54, 1.807) is 12.1 Å². The fourth-order valence-electron chi connectivity index (χ4n) is 4.03. The van der Waals surface area contributed by atoms with Crippen molar-refractivity contribution in [2.75, 3.05) is 23.7 Å². The molecule has 1 aromatic carbocycles. The number of aromatic hydroxyl groups is 1. The highest BCUT2D eigenvalue weighted by atomic mass is 32.2. The number of aromatic nitrogens is 4. The number of anilines is 3. The van der Waals surface area contributed by atoms with Gasteiger partial charge in [0, 0.05) is 13.1 Å². The molecule has 5 rings (SSSR count). The number of hydrogen-bond acceptors (Lipinski definition) is 11. The smallest absolute Gasteiger partial charge is 0.246 e. The lowest BCUT2D eigenvalue weighted by atomic mass is 10.1. The minimum absolute atomic E-state index is 0.152. The molecule has 1 aliphatic rings. The summed E-state index contributed by atoms with van der Waals surface area (Å²) in [6.45, 7) is 4.77. The Hall–Kier alpha value is -3.29. The van der Waals surface area contributed by atoms with Gasteiger partial charge in [0.15, 0.2) is 17.4 Å². The Balaban J connectivity index is 1.52. The van der Waals surface area contributed by atoms with Crippen LogP contribution >= 0.6 is 11.7 Å². The topological polar surface area (TPSA) is 146 Å². The maximum atomic E-state index is 13.1. The molecule has 1 fully saturated rings. The van der Waals surface area contributed by atoms with Crippen LogP contribution in [0.5, 0.6) is 5.75 Å². The van der Waals surface area contributed by atoms with Crippen LogP contribution in [0.25, 0.3) is 11.3 Å². The van der Waals surface area contributed by atoms with Crippen molar-refractivity contribution < 1.29 is 17.9 Å². The Bertz CT molecular complexity index is 1460. The van der Waals surface area contributed by atoms with Crippen LogP contribution in [0.2, 0.25) is 0 Å². The molecule has 3 N–H and O–H groups in total. The Morgan fingerprint density at radius 3 is 2.49 bits per heavy atom. The normalized spacial score (nSPS) is 15.5. The van der Waals surface area contributed by atoms with Gasteiger partial charge in [0.1, 0.15) is 16.4 Å². The first-order valence-corrected chi connectivity index (χ1v) is 13.5. The first-order valence-electron chi connectivity index (χ1n) is 11.3. The monoisotopic (exact) mass is 515 g/mol. The lowest BCUT2D eigenvalue weighted by Crippen LogP contribution is -2.28. The van der Waals surface area contributed by atoms with Gasteiger partial charge in [-0.15, -0.1) is 0 Å². The van der Waals surface area contributed by atoms with E-state index >= 15 is 0 Å². The van der Waals surface area contributed by atoms with Crippen molar-refractivity contribution in [3.05, 3.63) is 41.9 Å². The summed E-state index contributed by atoms with van der Waals surface area (Å²) in [5, 5.41) is 17.3. The molecule has 4 aromatic rings. The molecule has 11 nitrogen and oxygen atoms in total. The van der Waals surface area contributed by atoms with E-state index in [-0.39, 0.29) is 28.2 Å². The van der Waals surface area contributed by atoms with E-state index in [9.17, 15) is 13.5 Å². The molecule has 1 saturated heterocycles. The van der Waals surface area contributed by atoms with Gasteiger partial charge in [0.05, 0.1) is 23.5 Å². The van der Waals surface area contributed by atoms with Crippen LogP contribution in [0, 0.1) is 6.92 Å². The number of sulfonamides is 1. The molecule has 184 valence electrons. The zero-order valence-corrected chi connectivity index (χ0v) is 20.9. The average Bonchev–Trinajstić information content (AvgIpc) is 3.61. The highest BCUT2D eigenvalue weighted by molar-refractivity contribution is 7.89. The van der Waals surface area contributed by atoms with Crippen molar-refractivity contribution in [2.45, 2.75) is 44.0 Å². The summed E-state index contributed by atoms with van der Waals surface area (Å²) in [5.74, 6) is 1.81. The van der Waals surface area contributed by atoms with Gasteiger partial charge in [-0.25, -0.2) is 18.4 Å². The third kappa shape index (κ3) is 4.54. The predicted octanol–water partition coefficient (Wildman–Crippen LogP) is 4.18. The molecule has 1 aliphatic heterocycles. The number of hydrogen-bond donors (Lipinski definition) is 3. The number of para-hydroxylation sites is 1. The van der Waals surface area contributed by atoms with Gasteiger partial charge in [-0.2, -0.15) is 13.1 Å². The van der Waals surface area contributed by atoms with Crippen LogP contribution < -0.4 is 10.6 Å². The minimum atomic E-state index is -3.82. The molecular weight excluding hydrogens is 490 g/mol. The number of benzene rings is 1.